The van der Waals surface area contributed by atoms with Gasteiger partial charge < -0.3 is 5.32 Å². The molecule has 0 spiro atoms. The number of rotatable bonds is 7. The van der Waals surface area contributed by atoms with E-state index in [0.717, 1.165) is 21.3 Å². The van der Waals surface area contributed by atoms with E-state index in [0.29, 0.717) is 30.9 Å². The maximum Gasteiger partial charge on any atom is 0.260 e. The van der Waals surface area contributed by atoms with Gasteiger partial charge in [-0.25, -0.2) is 4.68 Å². The summed E-state index contributed by atoms with van der Waals surface area (Å²) in [6, 6.07) is 20.0. The fourth-order valence-corrected chi connectivity index (χ4v) is 3.64. The average molecular weight is 464 g/mol. The van der Waals surface area contributed by atoms with Gasteiger partial charge >= 0.3 is 0 Å². The molecule has 0 fully saturated rings. The lowest BCUT2D eigenvalue weighted by Gasteiger charge is -2.11. The summed E-state index contributed by atoms with van der Waals surface area (Å²) in [6.07, 6.45) is 4.05. The van der Waals surface area contributed by atoms with Crippen LogP contribution < -0.4 is 5.32 Å². The monoisotopic (exact) mass is 463 g/mol. The highest BCUT2D eigenvalue weighted by molar-refractivity contribution is 9.10. The zero-order chi connectivity index (χ0) is 20.9. The van der Waals surface area contributed by atoms with Crippen molar-refractivity contribution in [3.05, 3.63) is 99.9 Å². The van der Waals surface area contributed by atoms with Gasteiger partial charge in [-0.2, -0.15) is 10.2 Å². The topological polar surface area (TPSA) is 64.7 Å². The Kier molecular flexibility index (Phi) is 6.09. The number of aromatic nitrogens is 4. The van der Waals surface area contributed by atoms with E-state index in [1.807, 2.05) is 54.1 Å². The number of nitrogens with one attached hydrogen (secondary N) is 1. The maximum atomic E-state index is 13.0. The number of anilines is 1. The molecule has 0 bridgehead atoms. The van der Waals surface area contributed by atoms with Crippen LogP contribution in [0.2, 0.25) is 0 Å². The molecule has 0 aliphatic carbocycles. The predicted molar refractivity (Wildman–Crippen MR) is 121 cm³/mol. The standard InChI is InChI=1S/C23H22BrN5O/c1-2-21-20(14-26-28(21)15-17-6-4-3-5-7-17)23(30)27-22-12-13-25-29(22)16-18-8-10-19(24)11-9-18/h3-14H,2,15-16H2,1H3,(H,27,30). The fourth-order valence-electron chi connectivity index (χ4n) is 3.38. The number of carbonyl (C=O) groups is 1. The Morgan fingerprint density at radius 2 is 1.63 bits per heavy atom. The van der Waals surface area contributed by atoms with Crippen LogP contribution in [-0.4, -0.2) is 25.5 Å². The highest BCUT2D eigenvalue weighted by Crippen LogP contribution is 2.17. The molecule has 0 aliphatic heterocycles. The van der Waals surface area contributed by atoms with E-state index in [-0.39, 0.29) is 5.91 Å². The van der Waals surface area contributed by atoms with Crippen molar-refractivity contribution in [1.29, 1.82) is 0 Å². The molecular formula is C23H22BrN5O. The Balaban J connectivity index is 1.51. The van der Waals surface area contributed by atoms with Crippen LogP contribution >= 0.6 is 15.9 Å². The van der Waals surface area contributed by atoms with Crippen molar-refractivity contribution in [3.8, 4) is 0 Å². The summed E-state index contributed by atoms with van der Waals surface area (Å²) in [7, 11) is 0. The Morgan fingerprint density at radius 1 is 0.933 bits per heavy atom. The summed E-state index contributed by atoms with van der Waals surface area (Å²) in [5.41, 5.74) is 3.75. The second-order valence-electron chi connectivity index (χ2n) is 6.96. The summed E-state index contributed by atoms with van der Waals surface area (Å²) in [5, 5.41) is 11.8. The molecule has 2 aromatic carbocycles. The van der Waals surface area contributed by atoms with E-state index in [4.69, 9.17) is 0 Å². The SMILES string of the molecule is CCc1c(C(=O)Nc2ccnn2Cc2ccc(Br)cc2)cnn1Cc1ccccc1. The van der Waals surface area contributed by atoms with Crippen LogP contribution in [0.3, 0.4) is 0 Å². The molecule has 0 unspecified atom stereocenters. The zero-order valence-electron chi connectivity index (χ0n) is 16.6. The van der Waals surface area contributed by atoms with Gasteiger partial charge in [0.2, 0.25) is 0 Å². The van der Waals surface area contributed by atoms with Crippen molar-refractivity contribution in [2.75, 3.05) is 5.32 Å². The van der Waals surface area contributed by atoms with Crippen LogP contribution in [0.5, 0.6) is 0 Å². The van der Waals surface area contributed by atoms with Crippen molar-refractivity contribution in [3.63, 3.8) is 0 Å². The number of carbonyl (C=O) groups excluding carboxylic acids is 1. The number of hydrogen-bond acceptors (Lipinski definition) is 3. The van der Waals surface area contributed by atoms with E-state index in [1.165, 1.54) is 0 Å². The molecular weight excluding hydrogens is 442 g/mol. The molecule has 7 heteroatoms. The maximum absolute atomic E-state index is 13.0. The van der Waals surface area contributed by atoms with E-state index in [1.54, 1.807) is 23.1 Å². The predicted octanol–water partition coefficient (Wildman–Crippen LogP) is 4.75. The van der Waals surface area contributed by atoms with E-state index >= 15 is 0 Å². The van der Waals surface area contributed by atoms with Crippen LogP contribution in [0.15, 0.2) is 77.5 Å². The zero-order valence-corrected chi connectivity index (χ0v) is 18.2. The molecule has 2 aromatic heterocycles. The fraction of sp³-hybridized carbons (Fsp3) is 0.174. The highest BCUT2D eigenvalue weighted by atomic mass is 79.9. The summed E-state index contributed by atoms with van der Waals surface area (Å²) < 4.78 is 4.70. The Morgan fingerprint density at radius 3 is 2.37 bits per heavy atom. The van der Waals surface area contributed by atoms with E-state index in [9.17, 15) is 4.79 Å². The number of halogens is 1. The van der Waals surface area contributed by atoms with Gasteiger partial charge in [0.25, 0.3) is 5.91 Å². The van der Waals surface area contributed by atoms with E-state index < -0.39 is 0 Å². The molecule has 4 aromatic rings. The van der Waals surface area contributed by atoms with Gasteiger partial charge in [-0.05, 0) is 29.7 Å². The summed E-state index contributed by atoms with van der Waals surface area (Å²) in [4.78, 5) is 13.0. The number of nitrogens with zero attached hydrogens (tertiary/aromatic N) is 4. The van der Waals surface area contributed by atoms with Crippen LogP contribution in [0.4, 0.5) is 5.82 Å². The minimum atomic E-state index is -0.177. The second-order valence-corrected chi connectivity index (χ2v) is 7.87. The average Bonchev–Trinajstić information content (AvgIpc) is 3.37. The van der Waals surface area contributed by atoms with Crippen LogP contribution in [0.1, 0.15) is 34.1 Å². The van der Waals surface area contributed by atoms with Crippen LogP contribution in [0.25, 0.3) is 0 Å². The molecule has 0 radical (unpaired) electrons. The number of benzene rings is 2. The van der Waals surface area contributed by atoms with Crippen molar-refractivity contribution in [2.45, 2.75) is 26.4 Å². The molecule has 1 amide bonds. The molecule has 152 valence electrons. The molecule has 2 heterocycles. The Hall–Kier alpha value is -3.19. The summed E-state index contributed by atoms with van der Waals surface area (Å²) in [6.45, 7) is 3.25. The smallest absolute Gasteiger partial charge is 0.260 e. The van der Waals surface area contributed by atoms with Gasteiger partial charge in [0.15, 0.2) is 0 Å². The first kappa shape index (κ1) is 20.1. The van der Waals surface area contributed by atoms with Gasteiger partial charge in [-0.1, -0.05) is 65.3 Å². The van der Waals surface area contributed by atoms with Gasteiger partial charge in [0.05, 0.1) is 36.7 Å². The van der Waals surface area contributed by atoms with Crippen LogP contribution in [-0.2, 0) is 19.5 Å². The van der Waals surface area contributed by atoms with Gasteiger partial charge in [0.1, 0.15) is 5.82 Å². The molecule has 0 saturated heterocycles. The second kappa shape index (κ2) is 9.09. The van der Waals surface area contributed by atoms with Gasteiger partial charge in [0, 0.05) is 10.5 Å². The van der Waals surface area contributed by atoms with Crippen LogP contribution in [0, 0.1) is 0 Å². The number of amides is 1. The largest absolute Gasteiger partial charge is 0.307 e. The van der Waals surface area contributed by atoms with Gasteiger partial charge in [-0.3, -0.25) is 9.48 Å². The third-order valence-corrected chi connectivity index (χ3v) is 5.44. The molecule has 0 aliphatic rings. The third kappa shape index (κ3) is 4.52. The molecule has 1 N–H and O–H groups in total. The Bertz CT molecular complexity index is 1130. The summed E-state index contributed by atoms with van der Waals surface area (Å²) in [5.74, 6) is 0.476. The van der Waals surface area contributed by atoms with E-state index in [2.05, 4.69) is 43.6 Å². The lowest BCUT2D eigenvalue weighted by Crippen LogP contribution is -2.18. The summed E-state index contributed by atoms with van der Waals surface area (Å²) >= 11 is 3.45. The van der Waals surface area contributed by atoms with Crippen molar-refractivity contribution >= 4 is 27.7 Å². The highest BCUT2D eigenvalue weighted by Gasteiger charge is 2.18. The van der Waals surface area contributed by atoms with Crippen molar-refractivity contribution in [2.24, 2.45) is 0 Å². The first-order valence-corrected chi connectivity index (χ1v) is 10.6. The quantitative estimate of drug-likeness (QED) is 0.429. The van der Waals surface area contributed by atoms with Crippen molar-refractivity contribution in [1.82, 2.24) is 19.6 Å². The normalized spacial score (nSPS) is 10.9. The molecule has 6 nitrogen and oxygen atoms in total. The molecule has 30 heavy (non-hydrogen) atoms. The lowest BCUT2D eigenvalue weighted by molar-refractivity contribution is 0.102. The van der Waals surface area contributed by atoms with Crippen molar-refractivity contribution < 1.29 is 4.79 Å². The first-order chi connectivity index (χ1) is 14.6. The minimum Gasteiger partial charge on any atom is -0.307 e. The number of hydrogen-bond donors (Lipinski definition) is 1. The molecule has 0 saturated carbocycles. The first-order valence-electron chi connectivity index (χ1n) is 9.80. The minimum absolute atomic E-state index is 0.177. The third-order valence-electron chi connectivity index (χ3n) is 4.91. The van der Waals surface area contributed by atoms with Gasteiger partial charge in [-0.15, -0.1) is 0 Å². The molecule has 0 atom stereocenters. The molecule has 4 rings (SSSR count). The lowest BCUT2D eigenvalue weighted by atomic mass is 10.1. The Labute approximate surface area is 183 Å².